The van der Waals surface area contributed by atoms with E-state index in [1.165, 1.54) is 0 Å². The van der Waals surface area contributed by atoms with Crippen molar-refractivity contribution >= 4 is 11.8 Å². The predicted octanol–water partition coefficient (Wildman–Crippen LogP) is -0.0318. The summed E-state index contributed by atoms with van der Waals surface area (Å²) in [6.45, 7) is 1.62. The van der Waals surface area contributed by atoms with E-state index in [-0.39, 0.29) is 12.6 Å². The minimum absolute atomic E-state index is 0.253. The number of aliphatic imine (C=N–C) groups is 1. The molecule has 1 fully saturated rings. The molecule has 1 atom stereocenters. The molecule has 0 spiro atoms. The molecule has 1 aliphatic rings. The van der Waals surface area contributed by atoms with Gasteiger partial charge in [-0.25, -0.2) is 4.79 Å². The molecular formula is C15H21N3O4. The number of piperidine rings is 1. The molecule has 1 heterocycles. The minimum atomic E-state index is -1.54. The van der Waals surface area contributed by atoms with E-state index < -0.39 is 12.1 Å². The van der Waals surface area contributed by atoms with E-state index in [1.54, 1.807) is 24.3 Å². The summed E-state index contributed by atoms with van der Waals surface area (Å²) in [6.07, 6.45) is 0.426. The number of hydrogen-bond donors (Lipinski definition) is 4. The number of amidine groups is 1. The topological polar surface area (TPSA) is 117 Å². The average molecular weight is 307 g/mol. The van der Waals surface area contributed by atoms with Gasteiger partial charge >= 0.3 is 5.97 Å². The van der Waals surface area contributed by atoms with Crippen molar-refractivity contribution in [3.05, 3.63) is 29.8 Å². The van der Waals surface area contributed by atoms with Crippen LogP contribution in [0.2, 0.25) is 0 Å². The zero-order chi connectivity index (χ0) is 15.9. The molecule has 2 rings (SSSR count). The van der Waals surface area contributed by atoms with Crippen LogP contribution >= 0.6 is 0 Å². The number of rotatable bonds is 6. The molecule has 0 radical (unpaired) electrons. The standard InChI is InChI=1S/C15H21N3O4/c16-14(18-11-5-7-17-8-6-11)10-1-3-12(4-2-10)22-9-13(19)15(20)21/h1-4,11,13,17,19H,5-9H2,(H2,16,18)(H,20,21). The van der Waals surface area contributed by atoms with Crippen molar-refractivity contribution in [2.45, 2.75) is 25.0 Å². The van der Waals surface area contributed by atoms with Crippen LogP contribution in [-0.4, -0.2) is 53.9 Å². The Hall–Kier alpha value is -2.12. The second-order valence-corrected chi connectivity index (χ2v) is 5.18. The van der Waals surface area contributed by atoms with Crippen molar-refractivity contribution in [1.29, 1.82) is 0 Å². The van der Waals surface area contributed by atoms with Crippen molar-refractivity contribution < 1.29 is 19.7 Å². The smallest absolute Gasteiger partial charge is 0.336 e. The molecule has 0 amide bonds. The largest absolute Gasteiger partial charge is 0.490 e. The third-order valence-electron chi connectivity index (χ3n) is 3.47. The molecule has 1 aliphatic heterocycles. The summed E-state index contributed by atoms with van der Waals surface area (Å²) in [6, 6.07) is 7.14. The van der Waals surface area contributed by atoms with E-state index in [9.17, 15) is 4.79 Å². The summed E-state index contributed by atoms with van der Waals surface area (Å²) in [5.74, 6) is -0.349. The Morgan fingerprint density at radius 3 is 2.59 bits per heavy atom. The van der Waals surface area contributed by atoms with Gasteiger partial charge in [0, 0.05) is 5.56 Å². The molecule has 0 saturated carbocycles. The summed E-state index contributed by atoms with van der Waals surface area (Å²) < 4.78 is 5.19. The molecule has 1 aromatic rings. The first-order valence-corrected chi connectivity index (χ1v) is 7.24. The van der Waals surface area contributed by atoms with Gasteiger partial charge in [-0.15, -0.1) is 0 Å². The van der Waals surface area contributed by atoms with Crippen molar-refractivity contribution in [2.75, 3.05) is 19.7 Å². The molecule has 1 aromatic carbocycles. The maximum Gasteiger partial charge on any atom is 0.336 e. The Labute approximate surface area is 128 Å². The van der Waals surface area contributed by atoms with Crippen LogP contribution < -0.4 is 15.8 Å². The number of carbonyl (C=O) groups is 1. The maximum absolute atomic E-state index is 10.5. The van der Waals surface area contributed by atoms with Gasteiger partial charge in [0.05, 0.1) is 6.04 Å². The van der Waals surface area contributed by atoms with Crippen LogP contribution in [0, 0.1) is 0 Å². The number of aliphatic hydroxyl groups excluding tert-OH is 1. The molecule has 1 unspecified atom stereocenters. The highest BCUT2D eigenvalue weighted by atomic mass is 16.5. The van der Waals surface area contributed by atoms with Crippen molar-refractivity contribution in [2.24, 2.45) is 10.7 Å². The molecule has 1 saturated heterocycles. The third-order valence-corrected chi connectivity index (χ3v) is 3.47. The fourth-order valence-electron chi connectivity index (χ4n) is 2.18. The summed E-state index contributed by atoms with van der Waals surface area (Å²) in [5, 5.41) is 21.0. The number of carboxylic acids is 1. The number of hydrogen-bond acceptors (Lipinski definition) is 5. The van der Waals surface area contributed by atoms with Crippen molar-refractivity contribution in [3.8, 4) is 5.75 Å². The van der Waals surface area contributed by atoms with Gasteiger partial charge in [-0.2, -0.15) is 0 Å². The highest BCUT2D eigenvalue weighted by Crippen LogP contribution is 2.14. The van der Waals surface area contributed by atoms with Gasteiger partial charge in [-0.3, -0.25) is 4.99 Å². The Kier molecular flexibility index (Phi) is 5.74. The number of benzene rings is 1. The Morgan fingerprint density at radius 1 is 1.36 bits per heavy atom. The number of aliphatic carboxylic acids is 1. The lowest BCUT2D eigenvalue weighted by Crippen LogP contribution is -2.31. The molecule has 5 N–H and O–H groups in total. The average Bonchev–Trinajstić information content (AvgIpc) is 2.54. The van der Waals surface area contributed by atoms with E-state index in [0.717, 1.165) is 31.5 Å². The van der Waals surface area contributed by atoms with Crippen LogP contribution in [0.5, 0.6) is 5.75 Å². The number of nitrogens with one attached hydrogen (secondary N) is 1. The third kappa shape index (κ3) is 4.71. The maximum atomic E-state index is 10.5. The lowest BCUT2D eigenvalue weighted by Gasteiger charge is -2.19. The first-order chi connectivity index (χ1) is 10.6. The zero-order valence-electron chi connectivity index (χ0n) is 12.2. The van der Waals surface area contributed by atoms with E-state index in [2.05, 4.69) is 10.3 Å². The number of aliphatic hydroxyl groups is 1. The Bertz CT molecular complexity index is 524. The summed E-state index contributed by atoms with van der Waals surface area (Å²) >= 11 is 0. The van der Waals surface area contributed by atoms with Crippen LogP contribution in [-0.2, 0) is 4.79 Å². The van der Waals surface area contributed by atoms with Gasteiger partial charge in [0.25, 0.3) is 0 Å². The Morgan fingerprint density at radius 2 is 2.00 bits per heavy atom. The molecule has 7 heteroatoms. The molecule has 120 valence electrons. The SMILES string of the molecule is NC(=NC1CCNCC1)c1ccc(OCC(O)C(=O)O)cc1. The Balaban J connectivity index is 1.93. The molecular weight excluding hydrogens is 286 g/mol. The van der Waals surface area contributed by atoms with Crippen LogP contribution in [0.25, 0.3) is 0 Å². The highest BCUT2D eigenvalue weighted by molar-refractivity contribution is 5.97. The summed E-state index contributed by atoms with van der Waals surface area (Å²) in [5.41, 5.74) is 6.80. The van der Waals surface area contributed by atoms with E-state index in [4.69, 9.17) is 20.7 Å². The number of carboxylic acid groups (broad SMARTS) is 1. The molecule has 7 nitrogen and oxygen atoms in total. The van der Waals surface area contributed by atoms with Crippen LogP contribution in [0.15, 0.2) is 29.3 Å². The monoisotopic (exact) mass is 307 g/mol. The van der Waals surface area contributed by atoms with Crippen molar-refractivity contribution in [3.63, 3.8) is 0 Å². The van der Waals surface area contributed by atoms with Gasteiger partial charge < -0.3 is 26.0 Å². The van der Waals surface area contributed by atoms with Gasteiger partial charge in [-0.05, 0) is 50.2 Å². The number of nitrogens with zero attached hydrogens (tertiary/aromatic N) is 1. The van der Waals surface area contributed by atoms with E-state index >= 15 is 0 Å². The predicted molar refractivity (Wildman–Crippen MR) is 82.2 cm³/mol. The molecule has 0 bridgehead atoms. The summed E-state index contributed by atoms with van der Waals surface area (Å²) in [4.78, 5) is 15.0. The highest BCUT2D eigenvalue weighted by Gasteiger charge is 2.14. The lowest BCUT2D eigenvalue weighted by atomic mass is 10.1. The number of nitrogens with two attached hydrogens (primary N) is 1. The zero-order valence-corrected chi connectivity index (χ0v) is 12.2. The fraction of sp³-hybridized carbons (Fsp3) is 0.467. The van der Waals surface area contributed by atoms with Gasteiger partial charge in [0.1, 0.15) is 18.2 Å². The van der Waals surface area contributed by atoms with Crippen LogP contribution in [0.4, 0.5) is 0 Å². The van der Waals surface area contributed by atoms with E-state index in [0.29, 0.717) is 11.6 Å². The molecule has 0 aliphatic carbocycles. The van der Waals surface area contributed by atoms with E-state index in [1.807, 2.05) is 0 Å². The lowest BCUT2D eigenvalue weighted by molar-refractivity contribution is -0.148. The van der Waals surface area contributed by atoms with Crippen LogP contribution in [0.3, 0.4) is 0 Å². The quantitative estimate of drug-likeness (QED) is 0.433. The summed E-state index contributed by atoms with van der Waals surface area (Å²) in [7, 11) is 0. The molecule has 22 heavy (non-hydrogen) atoms. The van der Waals surface area contributed by atoms with Gasteiger partial charge in [0.2, 0.25) is 0 Å². The van der Waals surface area contributed by atoms with Crippen molar-refractivity contribution in [1.82, 2.24) is 5.32 Å². The first kappa shape index (κ1) is 16.3. The van der Waals surface area contributed by atoms with Crippen LogP contribution in [0.1, 0.15) is 18.4 Å². The minimum Gasteiger partial charge on any atom is -0.490 e. The molecule has 0 aromatic heterocycles. The number of ether oxygens (including phenoxy) is 1. The van der Waals surface area contributed by atoms with Gasteiger partial charge in [0.15, 0.2) is 6.10 Å². The second kappa shape index (κ2) is 7.77. The van der Waals surface area contributed by atoms with Gasteiger partial charge in [-0.1, -0.05) is 0 Å². The first-order valence-electron chi connectivity index (χ1n) is 7.24. The second-order valence-electron chi connectivity index (χ2n) is 5.18. The normalized spacial score (nSPS) is 18.0. The fourth-order valence-corrected chi connectivity index (χ4v) is 2.18.